The van der Waals surface area contributed by atoms with Crippen molar-refractivity contribution in [3.8, 4) is 5.69 Å². The van der Waals surface area contributed by atoms with Gasteiger partial charge in [-0.25, -0.2) is 12.1 Å². The van der Waals surface area contributed by atoms with Crippen LogP contribution in [0.15, 0.2) is 97.3 Å². The molecule has 0 atom stereocenters. The van der Waals surface area contributed by atoms with Gasteiger partial charge >= 0.3 is 26.2 Å². The normalized spacial score (nSPS) is 9.38. The van der Waals surface area contributed by atoms with Gasteiger partial charge in [0.15, 0.2) is 6.33 Å². The minimum Gasteiger partial charge on any atom is -1.00 e. The molecule has 0 saturated carbocycles. The van der Waals surface area contributed by atoms with E-state index in [0.29, 0.717) is 0 Å². The van der Waals surface area contributed by atoms with Crippen LogP contribution in [-0.4, -0.2) is 20.2 Å². The molecule has 144 valence electrons. The summed E-state index contributed by atoms with van der Waals surface area (Å²) in [7, 11) is 0. The predicted molar refractivity (Wildman–Crippen MR) is 104 cm³/mol. The first-order valence-corrected chi connectivity index (χ1v) is 8.52. The molecule has 0 fully saturated rings. The Bertz CT molecular complexity index is 1030. The first kappa shape index (κ1) is 25.0. The Morgan fingerprint density at radius 3 is 2.21 bits per heavy atom. The Morgan fingerprint density at radius 2 is 1.55 bits per heavy atom. The average Bonchev–Trinajstić information content (AvgIpc) is 3.44. The zero-order chi connectivity index (χ0) is 17.6. The van der Waals surface area contributed by atoms with Crippen LogP contribution in [0.1, 0.15) is 11.1 Å². The van der Waals surface area contributed by atoms with E-state index >= 15 is 0 Å². The van der Waals surface area contributed by atoms with Gasteiger partial charge in [0.2, 0.25) is 0 Å². The van der Waals surface area contributed by atoms with Crippen LogP contribution in [0.25, 0.3) is 16.5 Å². The van der Waals surface area contributed by atoms with Crippen molar-refractivity contribution in [2.45, 2.75) is 6.42 Å². The third-order valence-electron chi connectivity index (χ3n) is 4.17. The van der Waals surface area contributed by atoms with E-state index in [1.807, 2.05) is 24.3 Å². The van der Waals surface area contributed by atoms with Crippen molar-refractivity contribution in [3.63, 3.8) is 0 Å². The summed E-state index contributed by atoms with van der Waals surface area (Å²) in [6, 6.07) is 31.3. The van der Waals surface area contributed by atoms with Gasteiger partial charge in [0.1, 0.15) is 0 Å². The Hall–Kier alpha value is -2.07. The van der Waals surface area contributed by atoms with Gasteiger partial charge in [0, 0.05) is 0 Å². The smallest absolute Gasteiger partial charge is 1.00 e. The van der Waals surface area contributed by atoms with E-state index in [1.165, 1.54) is 33.0 Å². The molecule has 0 aliphatic carbocycles. The van der Waals surface area contributed by atoms with Crippen LogP contribution in [0.5, 0.6) is 0 Å². The molecule has 7 heteroatoms. The summed E-state index contributed by atoms with van der Waals surface area (Å²) in [5, 5.41) is 13.9. The molecule has 1 heterocycles. The second kappa shape index (κ2) is 12.5. The Balaban J connectivity index is 0.000000266. The third kappa shape index (κ3) is 6.74. The molecule has 0 spiro atoms. The second-order valence-corrected chi connectivity index (χ2v) is 6.02. The topological polar surface area (TPSA) is 43.6 Å². The zero-order valence-corrected chi connectivity index (χ0v) is 19.5. The molecule has 0 saturated heterocycles. The average molecular weight is 501 g/mol. The van der Waals surface area contributed by atoms with E-state index in [4.69, 9.17) is 0 Å². The standard InChI is InChI=1S/C12H11.C10H7N4.2ClH.Zr/c1-2-6-11(7-3-1)10-12-8-4-5-9-12;1-2-4-9-6-10(5-8(9)3-1)14-12-7-11-13-14;;;/h1-9H,10H2;1-7H;2*1H;/q2*-1;;;+4/p-2. The Kier molecular flexibility index (Phi) is 10.8. The van der Waals surface area contributed by atoms with Crippen LogP contribution in [0.3, 0.4) is 0 Å². The van der Waals surface area contributed by atoms with Crippen LogP contribution < -0.4 is 24.8 Å². The summed E-state index contributed by atoms with van der Waals surface area (Å²) in [5.74, 6) is 0. The molecule has 1 aromatic heterocycles. The van der Waals surface area contributed by atoms with E-state index in [9.17, 15) is 0 Å². The fourth-order valence-electron chi connectivity index (χ4n) is 2.90. The molecule has 0 aliphatic heterocycles. The third-order valence-corrected chi connectivity index (χ3v) is 4.17. The molecule has 5 rings (SSSR count). The number of benzene rings is 2. The van der Waals surface area contributed by atoms with Crippen LogP contribution in [0.4, 0.5) is 0 Å². The fraction of sp³-hybridized carbons (Fsp3) is 0.0455. The minimum absolute atomic E-state index is 0. The number of nitrogens with zero attached hydrogens (tertiary/aromatic N) is 4. The SMILES string of the molecule is [Cl-].[Cl-].[Zr+4].c1ccc(C[c-]2cccc2)cc1.c1ccc2[cH-]c(-n3ncnn3)cc2c1. The van der Waals surface area contributed by atoms with Gasteiger partial charge in [-0.15, -0.1) is 51.3 Å². The molecular weight excluding hydrogens is 482 g/mol. The first-order valence-electron chi connectivity index (χ1n) is 8.52. The molecule has 5 aromatic rings. The molecule has 0 radical (unpaired) electrons. The largest absolute Gasteiger partial charge is 4.00 e. The van der Waals surface area contributed by atoms with Crippen molar-refractivity contribution in [1.29, 1.82) is 0 Å². The van der Waals surface area contributed by atoms with Crippen molar-refractivity contribution in [2.24, 2.45) is 0 Å². The van der Waals surface area contributed by atoms with E-state index in [-0.39, 0.29) is 51.0 Å². The summed E-state index contributed by atoms with van der Waals surface area (Å²) in [6.45, 7) is 0. The number of fused-ring (bicyclic) bond motifs is 1. The van der Waals surface area contributed by atoms with Gasteiger partial charge in [-0.05, 0) is 17.3 Å². The van der Waals surface area contributed by atoms with Gasteiger partial charge < -0.3 is 24.8 Å². The first-order chi connectivity index (χ1) is 12.9. The minimum atomic E-state index is 0. The maximum absolute atomic E-state index is 3.98. The molecule has 0 N–H and O–H groups in total. The number of hydrogen-bond acceptors (Lipinski definition) is 3. The molecule has 0 aliphatic rings. The van der Waals surface area contributed by atoms with Gasteiger partial charge in [0.05, 0.1) is 0 Å². The van der Waals surface area contributed by atoms with Crippen LogP contribution in [-0.2, 0) is 32.6 Å². The van der Waals surface area contributed by atoms with Crippen LogP contribution in [0, 0.1) is 0 Å². The molecule has 4 aromatic carbocycles. The maximum atomic E-state index is 3.98. The summed E-state index contributed by atoms with van der Waals surface area (Å²) in [4.78, 5) is 1.51. The zero-order valence-electron chi connectivity index (χ0n) is 15.5. The maximum Gasteiger partial charge on any atom is 4.00 e. The molecule has 4 nitrogen and oxygen atoms in total. The molecule has 29 heavy (non-hydrogen) atoms. The number of tetrazole rings is 1. The van der Waals surface area contributed by atoms with Gasteiger partial charge in [-0.2, -0.15) is 22.5 Å². The summed E-state index contributed by atoms with van der Waals surface area (Å²) in [6.07, 6.45) is 2.48. The van der Waals surface area contributed by atoms with Crippen LogP contribution in [0.2, 0.25) is 0 Å². The van der Waals surface area contributed by atoms with Gasteiger partial charge in [-0.3, -0.25) is 0 Å². The monoisotopic (exact) mass is 498 g/mol. The van der Waals surface area contributed by atoms with Crippen molar-refractivity contribution < 1.29 is 51.0 Å². The van der Waals surface area contributed by atoms with E-state index < -0.39 is 0 Å². The second-order valence-electron chi connectivity index (χ2n) is 6.02. The quantitative estimate of drug-likeness (QED) is 0.285. The van der Waals surface area contributed by atoms with E-state index in [2.05, 4.69) is 82.1 Å². The summed E-state index contributed by atoms with van der Waals surface area (Å²) in [5.41, 5.74) is 3.72. The fourth-order valence-corrected chi connectivity index (χ4v) is 2.90. The van der Waals surface area contributed by atoms with Gasteiger partial charge in [-0.1, -0.05) is 42.0 Å². The summed E-state index contributed by atoms with van der Waals surface area (Å²) >= 11 is 0. The van der Waals surface area contributed by atoms with Crippen LogP contribution >= 0.6 is 0 Å². The number of rotatable bonds is 3. The molecular formula is C22H18Cl2N4Zr. The van der Waals surface area contributed by atoms with Crippen molar-refractivity contribution in [1.82, 2.24) is 20.2 Å². The molecule has 0 unspecified atom stereocenters. The Morgan fingerprint density at radius 1 is 0.862 bits per heavy atom. The van der Waals surface area contributed by atoms with Crippen molar-refractivity contribution in [2.75, 3.05) is 0 Å². The predicted octanol–water partition coefficient (Wildman–Crippen LogP) is -1.46. The van der Waals surface area contributed by atoms with E-state index in [1.54, 1.807) is 0 Å². The Labute approximate surface area is 201 Å². The van der Waals surface area contributed by atoms with E-state index in [0.717, 1.165) is 12.1 Å². The number of hydrogen-bond donors (Lipinski definition) is 0. The summed E-state index contributed by atoms with van der Waals surface area (Å²) < 4.78 is 0. The van der Waals surface area contributed by atoms with Crippen molar-refractivity contribution in [3.05, 3.63) is 108 Å². The van der Waals surface area contributed by atoms with Gasteiger partial charge in [0.25, 0.3) is 0 Å². The number of aromatic nitrogens is 4. The molecule has 0 bridgehead atoms. The number of halogens is 2. The molecule has 0 amide bonds. The van der Waals surface area contributed by atoms with Crippen molar-refractivity contribution >= 4 is 10.8 Å².